The molecule has 0 aliphatic carbocycles. The third-order valence-electron chi connectivity index (χ3n) is 5.03. The number of rotatable bonds is 8. The van der Waals surface area contributed by atoms with Gasteiger partial charge >= 0.3 is 0 Å². The molecule has 1 amide bonds. The van der Waals surface area contributed by atoms with E-state index >= 15 is 0 Å². The molecule has 6 heteroatoms. The number of hydrogen-bond acceptors (Lipinski definition) is 4. The summed E-state index contributed by atoms with van der Waals surface area (Å²) in [6.07, 6.45) is 0. The van der Waals surface area contributed by atoms with Gasteiger partial charge in [-0.3, -0.25) is 4.79 Å². The summed E-state index contributed by atoms with van der Waals surface area (Å²) in [6, 6.07) is 11.9. The van der Waals surface area contributed by atoms with E-state index in [4.69, 9.17) is 21.1 Å². The number of ether oxygens (including phenoxy) is 2. The fourth-order valence-corrected chi connectivity index (χ4v) is 3.52. The molecule has 0 aromatic heterocycles. The van der Waals surface area contributed by atoms with E-state index in [2.05, 4.69) is 69.5 Å². The molecule has 0 radical (unpaired) electrons. The lowest BCUT2D eigenvalue weighted by atomic mass is 9.85. The van der Waals surface area contributed by atoms with Crippen molar-refractivity contribution in [3.8, 4) is 11.5 Å². The van der Waals surface area contributed by atoms with Crippen molar-refractivity contribution >= 4 is 23.2 Å². The van der Waals surface area contributed by atoms with Gasteiger partial charge in [0, 0.05) is 12.1 Å². The Kier molecular flexibility index (Phi) is 8.16. The molecule has 2 aromatic carbocycles. The number of halogens is 1. The first-order valence-electron chi connectivity index (χ1n) is 10.1. The van der Waals surface area contributed by atoms with Gasteiger partial charge < -0.3 is 20.1 Å². The van der Waals surface area contributed by atoms with Crippen molar-refractivity contribution in [2.24, 2.45) is 5.92 Å². The van der Waals surface area contributed by atoms with Gasteiger partial charge in [0.25, 0.3) is 0 Å². The average Bonchev–Trinajstić information content (AvgIpc) is 2.68. The SMILES string of the molecule is COc1cc(OC)c(NC(=O)CNC(c2ccc(C(C)(C)C)cc2)C(C)C)cc1Cl. The van der Waals surface area contributed by atoms with Gasteiger partial charge in [-0.05, 0) is 28.5 Å². The zero-order chi connectivity index (χ0) is 22.5. The van der Waals surface area contributed by atoms with Gasteiger partial charge in [-0.2, -0.15) is 0 Å². The monoisotopic (exact) mass is 432 g/mol. The average molecular weight is 433 g/mol. The molecule has 0 aliphatic rings. The van der Waals surface area contributed by atoms with Crippen LogP contribution in [-0.4, -0.2) is 26.7 Å². The minimum atomic E-state index is -0.175. The predicted octanol–water partition coefficient (Wildman–Crippen LogP) is 5.58. The second-order valence-corrected chi connectivity index (χ2v) is 9.12. The predicted molar refractivity (Wildman–Crippen MR) is 124 cm³/mol. The van der Waals surface area contributed by atoms with Gasteiger partial charge in [0.2, 0.25) is 5.91 Å². The van der Waals surface area contributed by atoms with Crippen molar-refractivity contribution < 1.29 is 14.3 Å². The summed E-state index contributed by atoms with van der Waals surface area (Å²) in [7, 11) is 3.07. The maximum absolute atomic E-state index is 12.6. The summed E-state index contributed by atoms with van der Waals surface area (Å²) in [6.45, 7) is 11.0. The number of amides is 1. The summed E-state index contributed by atoms with van der Waals surface area (Å²) in [4.78, 5) is 12.6. The first kappa shape index (κ1) is 24.0. The molecular weight excluding hydrogens is 400 g/mol. The lowest BCUT2D eigenvalue weighted by molar-refractivity contribution is -0.115. The first-order chi connectivity index (χ1) is 14.1. The van der Waals surface area contributed by atoms with E-state index < -0.39 is 0 Å². The van der Waals surface area contributed by atoms with Gasteiger partial charge in [-0.25, -0.2) is 0 Å². The minimum absolute atomic E-state index is 0.0612. The molecule has 164 valence electrons. The Hall–Kier alpha value is -2.24. The van der Waals surface area contributed by atoms with Crippen molar-refractivity contribution in [2.75, 3.05) is 26.1 Å². The molecule has 5 nitrogen and oxygen atoms in total. The van der Waals surface area contributed by atoms with Gasteiger partial charge in [0.05, 0.1) is 31.5 Å². The topological polar surface area (TPSA) is 59.6 Å². The molecule has 1 atom stereocenters. The molecule has 0 saturated carbocycles. The van der Waals surface area contributed by atoms with Crippen molar-refractivity contribution in [1.29, 1.82) is 0 Å². The maximum Gasteiger partial charge on any atom is 0.238 e. The van der Waals surface area contributed by atoms with Crippen LogP contribution in [0, 0.1) is 5.92 Å². The van der Waals surface area contributed by atoms with Crippen LogP contribution in [0.2, 0.25) is 5.02 Å². The van der Waals surface area contributed by atoms with Crippen LogP contribution in [0.15, 0.2) is 36.4 Å². The highest BCUT2D eigenvalue weighted by atomic mass is 35.5. The van der Waals surface area contributed by atoms with Crippen molar-refractivity contribution in [3.63, 3.8) is 0 Å². The minimum Gasteiger partial charge on any atom is -0.495 e. The molecule has 2 rings (SSSR count). The van der Waals surface area contributed by atoms with Gasteiger partial charge in [0.1, 0.15) is 11.5 Å². The van der Waals surface area contributed by atoms with Crippen molar-refractivity contribution in [2.45, 2.75) is 46.1 Å². The highest BCUT2D eigenvalue weighted by Crippen LogP contribution is 2.36. The molecule has 1 unspecified atom stereocenters. The van der Waals surface area contributed by atoms with Crippen LogP contribution >= 0.6 is 11.6 Å². The van der Waals surface area contributed by atoms with Crippen molar-refractivity contribution in [1.82, 2.24) is 5.32 Å². The molecule has 2 N–H and O–H groups in total. The zero-order valence-electron chi connectivity index (χ0n) is 18.9. The summed E-state index contributed by atoms with van der Waals surface area (Å²) < 4.78 is 10.5. The van der Waals surface area contributed by atoms with E-state index in [1.807, 2.05) is 0 Å². The number of benzene rings is 2. The normalized spacial score (nSPS) is 12.6. The van der Waals surface area contributed by atoms with Gasteiger partial charge in [-0.1, -0.05) is 70.5 Å². The van der Waals surface area contributed by atoms with E-state index in [1.54, 1.807) is 12.1 Å². The number of hydrogen-bond donors (Lipinski definition) is 2. The molecule has 2 aromatic rings. The van der Waals surface area contributed by atoms with Crippen LogP contribution < -0.4 is 20.1 Å². The Morgan fingerprint density at radius 3 is 2.13 bits per heavy atom. The first-order valence-corrected chi connectivity index (χ1v) is 10.5. The number of nitrogens with one attached hydrogen (secondary N) is 2. The third kappa shape index (κ3) is 6.13. The molecule has 0 spiro atoms. The van der Waals surface area contributed by atoms with Crippen molar-refractivity contribution in [3.05, 3.63) is 52.5 Å². The number of methoxy groups -OCH3 is 2. The second kappa shape index (κ2) is 10.2. The summed E-state index contributed by atoms with van der Waals surface area (Å²) in [5.74, 6) is 1.13. The Morgan fingerprint density at radius 1 is 1.03 bits per heavy atom. The Bertz CT molecular complexity index is 858. The standard InChI is InChI=1S/C24H33ClN2O3/c1-15(2)23(16-8-10-17(11-9-16)24(3,4)5)26-14-22(28)27-19-12-18(25)20(29-6)13-21(19)30-7/h8-13,15,23,26H,14H2,1-7H3,(H,27,28). The molecule has 0 heterocycles. The second-order valence-electron chi connectivity index (χ2n) is 8.71. The highest BCUT2D eigenvalue weighted by molar-refractivity contribution is 6.32. The van der Waals surface area contributed by atoms with E-state index in [9.17, 15) is 4.79 Å². The third-order valence-corrected chi connectivity index (χ3v) is 5.33. The lowest BCUT2D eigenvalue weighted by Crippen LogP contribution is -2.33. The Balaban J connectivity index is 2.08. The summed E-state index contributed by atoms with van der Waals surface area (Å²) in [5.41, 5.74) is 3.06. The lowest BCUT2D eigenvalue weighted by Gasteiger charge is -2.25. The fourth-order valence-electron chi connectivity index (χ4n) is 3.28. The zero-order valence-corrected chi connectivity index (χ0v) is 19.7. The molecule has 30 heavy (non-hydrogen) atoms. The quantitative estimate of drug-likeness (QED) is 0.571. The van der Waals surface area contributed by atoms with E-state index in [0.717, 1.165) is 5.56 Å². The fraction of sp³-hybridized carbons (Fsp3) is 0.458. The summed E-state index contributed by atoms with van der Waals surface area (Å²) >= 11 is 6.19. The van der Waals surface area contributed by atoms with Gasteiger partial charge in [-0.15, -0.1) is 0 Å². The molecular formula is C24H33ClN2O3. The maximum atomic E-state index is 12.6. The Morgan fingerprint density at radius 2 is 1.63 bits per heavy atom. The number of carbonyl (C=O) groups is 1. The van der Waals surface area contributed by atoms with Crippen LogP contribution in [0.25, 0.3) is 0 Å². The highest BCUT2D eigenvalue weighted by Gasteiger charge is 2.19. The van der Waals surface area contributed by atoms with E-state index in [-0.39, 0.29) is 23.9 Å². The van der Waals surface area contributed by atoms with Crippen LogP contribution in [0.1, 0.15) is 51.8 Å². The largest absolute Gasteiger partial charge is 0.495 e. The number of carbonyl (C=O) groups excluding carboxylic acids is 1. The molecule has 0 fully saturated rings. The Labute approximate surface area is 185 Å². The summed E-state index contributed by atoms with van der Waals surface area (Å²) in [5, 5.41) is 6.64. The van der Waals surface area contributed by atoms with Crippen LogP contribution in [-0.2, 0) is 10.2 Å². The smallest absolute Gasteiger partial charge is 0.238 e. The van der Waals surface area contributed by atoms with E-state index in [1.165, 1.54) is 19.8 Å². The van der Waals surface area contributed by atoms with Crippen LogP contribution in [0.4, 0.5) is 5.69 Å². The molecule has 0 saturated heterocycles. The van der Waals surface area contributed by atoms with Crippen LogP contribution in [0.3, 0.4) is 0 Å². The van der Waals surface area contributed by atoms with Crippen LogP contribution in [0.5, 0.6) is 11.5 Å². The molecule has 0 aliphatic heterocycles. The number of anilines is 1. The van der Waals surface area contributed by atoms with E-state index in [0.29, 0.717) is 28.1 Å². The van der Waals surface area contributed by atoms with Gasteiger partial charge in [0.15, 0.2) is 0 Å². The molecule has 0 bridgehead atoms.